The SMILES string of the molecule is CCC(N=NS(=O)(=O)c1cc(C(=O)Nc2ccc(Br)cc2C(=O)O)ccc1Br)c1ccncc1. The molecule has 0 aliphatic carbocycles. The molecule has 34 heavy (non-hydrogen) atoms. The van der Waals surface area contributed by atoms with Crippen molar-refractivity contribution in [2.45, 2.75) is 24.3 Å². The van der Waals surface area contributed by atoms with E-state index in [9.17, 15) is 23.1 Å². The molecule has 2 N–H and O–H groups in total. The molecule has 0 aliphatic rings. The third-order valence-electron chi connectivity index (χ3n) is 4.70. The number of nitrogens with zero attached hydrogens (tertiary/aromatic N) is 3. The van der Waals surface area contributed by atoms with Crippen LogP contribution >= 0.6 is 31.9 Å². The van der Waals surface area contributed by atoms with E-state index in [1.807, 2.05) is 6.92 Å². The van der Waals surface area contributed by atoms with Crippen molar-refractivity contribution in [1.82, 2.24) is 4.98 Å². The number of aromatic carboxylic acids is 1. The zero-order valence-electron chi connectivity index (χ0n) is 17.6. The lowest BCUT2D eigenvalue weighted by Crippen LogP contribution is -2.15. The molecule has 3 rings (SSSR count). The van der Waals surface area contributed by atoms with Crippen molar-refractivity contribution in [2.24, 2.45) is 9.63 Å². The van der Waals surface area contributed by atoms with Gasteiger partial charge in [-0.2, -0.15) is 13.5 Å². The minimum Gasteiger partial charge on any atom is -0.478 e. The molecule has 0 radical (unpaired) electrons. The number of hydrogen-bond donors (Lipinski definition) is 2. The normalized spacial score (nSPS) is 12.4. The lowest BCUT2D eigenvalue weighted by Gasteiger charge is -2.11. The van der Waals surface area contributed by atoms with Crippen LogP contribution in [0.2, 0.25) is 0 Å². The van der Waals surface area contributed by atoms with Gasteiger partial charge in [-0.05, 0) is 76.4 Å². The Bertz CT molecular complexity index is 1360. The number of benzene rings is 2. The maximum absolute atomic E-state index is 12.9. The third-order valence-corrected chi connectivity index (χ3v) is 7.35. The van der Waals surface area contributed by atoms with Gasteiger partial charge in [0.05, 0.1) is 17.3 Å². The standard InChI is InChI=1S/C22H18Br2N4O5S/c1-2-18(13-7-9-25-10-8-13)27-28-34(32,33)20-11-14(3-5-17(20)24)21(29)26-19-6-4-15(23)12-16(19)22(30)31/h3-12,18H,2H2,1H3,(H,26,29)(H,30,31). The molecule has 1 heterocycles. The second-order valence-corrected chi connectivity index (χ2v) is 10.3. The zero-order valence-corrected chi connectivity index (χ0v) is 21.6. The van der Waals surface area contributed by atoms with Crippen molar-refractivity contribution in [3.8, 4) is 0 Å². The van der Waals surface area contributed by atoms with E-state index in [0.717, 1.165) is 11.6 Å². The molecule has 0 aliphatic heterocycles. The van der Waals surface area contributed by atoms with Crippen molar-refractivity contribution in [3.63, 3.8) is 0 Å². The summed E-state index contributed by atoms with van der Waals surface area (Å²) < 4.78 is 30.1. The number of carboxylic acid groups (broad SMARTS) is 1. The summed E-state index contributed by atoms with van der Waals surface area (Å²) in [5.74, 6) is -1.91. The Morgan fingerprint density at radius 1 is 1.09 bits per heavy atom. The number of aromatic nitrogens is 1. The predicted octanol–water partition coefficient (Wildman–Crippen LogP) is 5.85. The molecular formula is C22H18Br2N4O5S. The summed E-state index contributed by atoms with van der Waals surface area (Å²) in [5, 5.41) is 15.9. The number of anilines is 1. The van der Waals surface area contributed by atoms with Crippen molar-refractivity contribution in [3.05, 3.63) is 86.6 Å². The molecule has 0 fully saturated rings. The molecule has 3 aromatic rings. The largest absolute Gasteiger partial charge is 0.478 e. The molecule has 176 valence electrons. The maximum atomic E-state index is 12.9. The van der Waals surface area contributed by atoms with E-state index in [1.165, 1.54) is 24.3 Å². The van der Waals surface area contributed by atoms with E-state index in [1.54, 1.807) is 30.6 Å². The molecule has 1 amide bonds. The molecule has 0 saturated carbocycles. The van der Waals surface area contributed by atoms with Gasteiger partial charge < -0.3 is 10.4 Å². The van der Waals surface area contributed by atoms with Gasteiger partial charge in [0.2, 0.25) is 0 Å². The van der Waals surface area contributed by atoms with Gasteiger partial charge in [-0.3, -0.25) is 9.78 Å². The summed E-state index contributed by atoms with van der Waals surface area (Å²) in [6.45, 7) is 1.85. The van der Waals surface area contributed by atoms with Crippen LogP contribution in [-0.2, 0) is 10.0 Å². The number of carboxylic acids is 1. The average Bonchev–Trinajstić information content (AvgIpc) is 2.81. The Kier molecular flexibility index (Phi) is 8.28. The van der Waals surface area contributed by atoms with Gasteiger partial charge in [0.25, 0.3) is 5.91 Å². The average molecular weight is 610 g/mol. The van der Waals surface area contributed by atoms with Crippen LogP contribution in [0.25, 0.3) is 0 Å². The van der Waals surface area contributed by atoms with Crippen molar-refractivity contribution in [1.29, 1.82) is 0 Å². The summed E-state index contributed by atoms with van der Waals surface area (Å²) in [7, 11) is -4.24. The van der Waals surface area contributed by atoms with Gasteiger partial charge in [-0.1, -0.05) is 27.4 Å². The van der Waals surface area contributed by atoms with Crippen LogP contribution in [0.4, 0.5) is 5.69 Å². The van der Waals surface area contributed by atoms with E-state index in [2.05, 4.69) is 51.8 Å². The summed E-state index contributed by atoms with van der Waals surface area (Å²) in [6, 6.07) is 11.3. The first-order valence-electron chi connectivity index (χ1n) is 9.83. The third kappa shape index (κ3) is 6.13. The van der Waals surface area contributed by atoms with Crippen LogP contribution in [0.15, 0.2) is 84.4 Å². The Hall–Kier alpha value is -2.96. The number of hydrogen-bond acceptors (Lipinski definition) is 6. The minimum absolute atomic E-state index is 0.00240. The first kappa shape index (κ1) is 25.7. The van der Waals surface area contributed by atoms with Crippen molar-refractivity contribution < 1.29 is 23.1 Å². The molecule has 0 saturated heterocycles. The second-order valence-electron chi connectivity index (χ2n) is 6.97. The molecule has 1 atom stereocenters. The molecule has 9 nitrogen and oxygen atoms in total. The van der Waals surface area contributed by atoms with E-state index in [0.29, 0.717) is 10.9 Å². The minimum atomic E-state index is -4.24. The monoisotopic (exact) mass is 608 g/mol. The van der Waals surface area contributed by atoms with E-state index in [-0.39, 0.29) is 26.2 Å². The van der Waals surface area contributed by atoms with Crippen molar-refractivity contribution >= 4 is 59.4 Å². The second kappa shape index (κ2) is 11.0. The molecule has 1 unspecified atom stereocenters. The maximum Gasteiger partial charge on any atom is 0.337 e. The van der Waals surface area contributed by atoms with Gasteiger partial charge in [0, 0.05) is 26.9 Å². The number of sulfonamides is 1. The fraction of sp³-hybridized carbons (Fsp3) is 0.136. The summed E-state index contributed by atoms with van der Waals surface area (Å²) >= 11 is 6.38. The number of halogens is 2. The van der Waals surface area contributed by atoms with Crippen LogP contribution in [-0.4, -0.2) is 30.4 Å². The van der Waals surface area contributed by atoms with Crippen molar-refractivity contribution in [2.75, 3.05) is 5.32 Å². The van der Waals surface area contributed by atoms with Gasteiger partial charge in [0.1, 0.15) is 4.90 Å². The van der Waals surface area contributed by atoms with E-state index < -0.39 is 27.9 Å². The Morgan fingerprint density at radius 2 is 1.79 bits per heavy atom. The molecular weight excluding hydrogens is 592 g/mol. The van der Waals surface area contributed by atoms with Gasteiger partial charge in [-0.25, -0.2) is 4.79 Å². The molecule has 0 spiro atoms. The highest BCUT2D eigenvalue weighted by Crippen LogP contribution is 2.28. The number of amides is 1. The summed E-state index contributed by atoms with van der Waals surface area (Å²) in [5.41, 5.74) is 0.712. The zero-order chi connectivity index (χ0) is 24.9. The fourth-order valence-corrected chi connectivity index (χ4v) is 5.11. The topological polar surface area (TPSA) is 138 Å². The number of rotatable bonds is 8. The van der Waals surface area contributed by atoms with Gasteiger partial charge in [-0.15, -0.1) is 0 Å². The molecule has 12 heteroatoms. The Morgan fingerprint density at radius 3 is 2.44 bits per heavy atom. The Balaban J connectivity index is 1.90. The van der Waals surface area contributed by atoms with Crippen LogP contribution in [0.3, 0.4) is 0 Å². The first-order valence-corrected chi connectivity index (χ1v) is 12.9. The molecule has 0 bridgehead atoms. The summed E-state index contributed by atoms with van der Waals surface area (Å²) in [4.78, 5) is 28.0. The van der Waals surface area contributed by atoms with Crippen LogP contribution in [0.1, 0.15) is 45.7 Å². The van der Waals surface area contributed by atoms with E-state index >= 15 is 0 Å². The first-order chi connectivity index (χ1) is 16.1. The number of nitrogens with one attached hydrogen (secondary N) is 1. The van der Waals surface area contributed by atoms with Gasteiger partial charge >= 0.3 is 16.0 Å². The number of pyridine rings is 1. The highest BCUT2D eigenvalue weighted by atomic mass is 79.9. The Labute approximate surface area is 212 Å². The van der Waals surface area contributed by atoms with E-state index in [4.69, 9.17) is 0 Å². The van der Waals surface area contributed by atoms with Gasteiger partial charge in [0.15, 0.2) is 0 Å². The fourth-order valence-electron chi connectivity index (χ4n) is 2.97. The lowest BCUT2D eigenvalue weighted by atomic mass is 10.1. The quantitative estimate of drug-likeness (QED) is 0.307. The van der Waals surface area contributed by atoms with Crippen LogP contribution in [0, 0.1) is 0 Å². The smallest absolute Gasteiger partial charge is 0.337 e. The molecule has 2 aromatic carbocycles. The summed E-state index contributed by atoms with van der Waals surface area (Å²) in [6.07, 6.45) is 3.69. The van der Waals surface area contributed by atoms with Crippen LogP contribution in [0.5, 0.6) is 0 Å². The lowest BCUT2D eigenvalue weighted by molar-refractivity contribution is 0.0698. The number of carbonyl (C=O) groups excluding carboxylic acids is 1. The van der Waals surface area contributed by atoms with Crippen LogP contribution < -0.4 is 5.32 Å². The molecule has 1 aromatic heterocycles. The number of carbonyl (C=O) groups is 2. The highest BCUT2D eigenvalue weighted by Gasteiger charge is 2.22. The highest BCUT2D eigenvalue weighted by molar-refractivity contribution is 9.10. The predicted molar refractivity (Wildman–Crippen MR) is 133 cm³/mol.